The SMILES string of the molecule is CC(C)n1ccc(Nc2cc(Cl)nc(C3CC3)n2)n1. The van der Waals surface area contributed by atoms with Gasteiger partial charge in [0.2, 0.25) is 0 Å². The molecule has 0 bridgehead atoms. The van der Waals surface area contributed by atoms with Gasteiger partial charge in [-0.1, -0.05) is 11.6 Å². The zero-order chi connectivity index (χ0) is 13.4. The first-order chi connectivity index (χ1) is 9.11. The lowest BCUT2D eigenvalue weighted by Crippen LogP contribution is -2.03. The molecule has 2 heterocycles. The van der Waals surface area contributed by atoms with Crippen LogP contribution < -0.4 is 5.32 Å². The number of aromatic nitrogens is 4. The molecule has 1 aliphatic rings. The fraction of sp³-hybridized carbons (Fsp3) is 0.462. The maximum absolute atomic E-state index is 6.03. The Morgan fingerprint density at radius 3 is 2.74 bits per heavy atom. The van der Waals surface area contributed by atoms with Gasteiger partial charge < -0.3 is 5.32 Å². The molecule has 1 saturated carbocycles. The third-order valence-electron chi connectivity index (χ3n) is 3.05. The third-order valence-corrected chi connectivity index (χ3v) is 3.24. The van der Waals surface area contributed by atoms with Gasteiger partial charge in [-0.05, 0) is 26.7 Å². The summed E-state index contributed by atoms with van der Waals surface area (Å²) in [5.74, 6) is 2.78. The van der Waals surface area contributed by atoms with Gasteiger partial charge in [0, 0.05) is 30.3 Å². The first-order valence-electron chi connectivity index (χ1n) is 6.48. The van der Waals surface area contributed by atoms with Crippen molar-refractivity contribution in [3.8, 4) is 0 Å². The van der Waals surface area contributed by atoms with Crippen LogP contribution in [0.1, 0.15) is 44.5 Å². The van der Waals surface area contributed by atoms with Gasteiger partial charge in [0.05, 0.1) is 0 Å². The number of anilines is 2. The van der Waals surface area contributed by atoms with Crippen molar-refractivity contribution in [2.75, 3.05) is 5.32 Å². The summed E-state index contributed by atoms with van der Waals surface area (Å²) in [7, 11) is 0. The van der Waals surface area contributed by atoms with E-state index in [0.29, 0.717) is 22.9 Å². The molecular weight excluding hydrogens is 262 g/mol. The largest absolute Gasteiger partial charge is 0.323 e. The summed E-state index contributed by atoms with van der Waals surface area (Å²) < 4.78 is 1.90. The lowest BCUT2D eigenvalue weighted by molar-refractivity contribution is 0.534. The molecule has 6 heteroatoms. The molecule has 5 nitrogen and oxygen atoms in total. The molecule has 1 aliphatic carbocycles. The second kappa shape index (κ2) is 4.81. The molecule has 1 fully saturated rings. The highest BCUT2D eigenvalue weighted by molar-refractivity contribution is 6.29. The second-order valence-electron chi connectivity index (χ2n) is 5.11. The lowest BCUT2D eigenvalue weighted by Gasteiger charge is -2.06. The molecule has 2 aromatic rings. The van der Waals surface area contributed by atoms with Crippen LogP contribution in [0.25, 0.3) is 0 Å². The molecule has 1 N–H and O–H groups in total. The molecule has 0 atom stereocenters. The normalized spacial score (nSPS) is 14.9. The summed E-state index contributed by atoms with van der Waals surface area (Å²) >= 11 is 6.03. The Bertz CT molecular complexity index is 588. The van der Waals surface area contributed by atoms with Gasteiger partial charge in [0.1, 0.15) is 16.8 Å². The van der Waals surface area contributed by atoms with Crippen molar-refractivity contribution in [2.45, 2.75) is 38.6 Å². The zero-order valence-electron chi connectivity index (χ0n) is 11.0. The number of halogens is 1. The Balaban J connectivity index is 1.81. The summed E-state index contributed by atoms with van der Waals surface area (Å²) in [5, 5.41) is 8.08. The van der Waals surface area contributed by atoms with Crippen LogP contribution in [0, 0.1) is 0 Å². The number of hydrogen-bond acceptors (Lipinski definition) is 4. The van der Waals surface area contributed by atoms with E-state index in [1.165, 1.54) is 0 Å². The van der Waals surface area contributed by atoms with Crippen molar-refractivity contribution >= 4 is 23.2 Å². The van der Waals surface area contributed by atoms with Crippen LogP contribution in [0.15, 0.2) is 18.3 Å². The van der Waals surface area contributed by atoms with Gasteiger partial charge in [-0.15, -0.1) is 0 Å². The monoisotopic (exact) mass is 277 g/mol. The Morgan fingerprint density at radius 1 is 1.32 bits per heavy atom. The van der Waals surface area contributed by atoms with E-state index in [4.69, 9.17) is 11.6 Å². The molecule has 0 spiro atoms. The van der Waals surface area contributed by atoms with Gasteiger partial charge in [-0.2, -0.15) is 5.10 Å². The van der Waals surface area contributed by atoms with Crippen LogP contribution in [0.2, 0.25) is 5.15 Å². The Kier molecular flexibility index (Phi) is 3.14. The summed E-state index contributed by atoms with van der Waals surface area (Å²) in [4.78, 5) is 8.75. The van der Waals surface area contributed by atoms with E-state index in [0.717, 1.165) is 24.5 Å². The van der Waals surface area contributed by atoms with E-state index in [1.54, 1.807) is 6.07 Å². The second-order valence-corrected chi connectivity index (χ2v) is 5.50. The van der Waals surface area contributed by atoms with E-state index in [2.05, 4.69) is 34.2 Å². The van der Waals surface area contributed by atoms with E-state index in [-0.39, 0.29) is 0 Å². The van der Waals surface area contributed by atoms with Crippen LogP contribution in [0.3, 0.4) is 0 Å². The zero-order valence-corrected chi connectivity index (χ0v) is 11.7. The minimum atomic E-state index is 0.339. The van der Waals surface area contributed by atoms with Gasteiger partial charge in [0.15, 0.2) is 5.82 Å². The van der Waals surface area contributed by atoms with Crippen molar-refractivity contribution in [1.29, 1.82) is 0 Å². The maximum Gasteiger partial charge on any atom is 0.153 e. The maximum atomic E-state index is 6.03. The van der Waals surface area contributed by atoms with Gasteiger partial charge in [-0.25, -0.2) is 9.97 Å². The van der Waals surface area contributed by atoms with Gasteiger partial charge in [0.25, 0.3) is 0 Å². The summed E-state index contributed by atoms with van der Waals surface area (Å²) in [6.45, 7) is 4.17. The number of nitrogens with one attached hydrogen (secondary N) is 1. The first kappa shape index (κ1) is 12.4. The quantitative estimate of drug-likeness (QED) is 0.869. The molecule has 2 aromatic heterocycles. The van der Waals surface area contributed by atoms with Crippen LogP contribution in [-0.2, 0) is 0 Å². The molecule has 19 heavy (non-hydrogen) atoms. The highest BCUT2D eigenvalue weighted by Crippen LogP contribution is 2.38. The number of hydrogen-bond donors (Lipinski definition) is 1. The van der Waals surface area contributed by atoms with Crippen LogP contribution in [-0.4, -0.2) is 19.7 Å². The average molecular weight is 278 g/mol. The Labute approximate surface area is 117 Å². The minimum Gasteiger partial charge on any atom is -0.323 e. The van der Waals surface area contributed by atoms with Crippen molar-refractivity contribution in [3.05, 3.63) is 29.3 Å². The average Bonchev–Trinajstić information content (AvgIpc) is 3.09. The predicted octanol–water partition coefficient (Wildman–Crippen LogP) is 3.53. The lowest BCUT2D eigenvalue weighted by atomic mass is 10.4. The van der Waals surface area contributed by atoms with E-state index >= 15 is 0 Å². The van der Waals surface area contributed by atoms with E-state index in [1.807, 2.05) is 16.9 Å². The fourth-order valence-electron chi connectivity index (χ4n) is 1.85. The molecule has 100 valence electrons. The molecule has 0 aromatic carbocycles. The molecule has 3 rings (SSSR count). The van der Waals surface area contributed by atoms with E-state index in [9.17, 15) is 0 Å². The van der Waals surface area contributed by atoms with Crippen LogP contribution in [0.4, 0.5) is 11.6 Å². The standard InChI is InChI=1S/C13H16ClN5/c1-8(2)19-6-5-11(18-19)16-12-7-10(14)15-13(17-12)9-3-4-9/h5-9H,3-4H2,1-2H3,(H,15,16,17,18). The first-order valence-corrected chi connectivity index (χ1v) is 6.86. The molecule has 0 radical (unpaired) electrons. The molecular formula is C13H16ClN5. The van der Waals surface area contributed by atoms with Crippen molar-refractivity contribution < 1.29 is 0 Å². The van der Waals surface area contributed by atoms with Crippen LogP contribution in [0.5, 0.6) is 0 Å². The molecule has 0 amide bonds. The van der Waals surface area contributed by atoms with Crippen molar-refractivity contribution in [2.24, 2.45) is 0 Å². The smallest absolute Gasteiger partial charge is 0.153 e. The highest BCUT2D eigenvalue weighted by Gasteiger charge is 2.27. The van der Waals surface area contributed by atoms with E-state index < -0.39 is 0 Å². The number of rotatable bonds is 4. The Hall–Kier alpha value is -1.62. The molecule has 0 unspecified atom stereocenters. The van der Waals surface area contributed by atoms with Crippen molar-refractivity contribution in [3.63, 3.8) is 0 Å². The van der Waals surface area contributed by atoms with Gasteiger partial charge in [-0.3, -0.25) is 4.68 Å². The van der Waals surface area contributed by atoms with Crippen molar-refractivity contribution in [1.82, 2.24) is 19.7 Å². The van der Waals surface area contributed by atoms with Crippen LogP contribution >= 0.6 is 11.6 Å². The molecule has 0 saturated heterocycles. The summed E-state index contributed by atoms with van der Waals surface area (Å²) in [6.07, 6.45) is 4.25. The predicted molar refractivity (Wildman–Crippen MR) is 74.9 cm³/mol. The van der Waals surface area contributed by atoms with Gasteiger partial charge >= 0.3 is 0 Å². The highest BCUT2D eigenvalue weighted by atomic mass is 35.5. The third kappa shape index (κ3) is 2.87. The summed E-state index contributed by atoms with van der Waals surface area (Å²) in [5.41, 5.74) is 0. The topological polar surface area (TPSA) is 55.6 Å². The number of nitrogens with zero attached hydrogens (tertiary/aromatic N) is 4. The molecule has 0 aliphatic heterocycles. The summed E-state index contributed by atoms with van der Waals surface area (Å²) in [6, 6.07) is 3.99. The minimum absolute atomic E-state index is 0.339. The Morgan fingerprint density at radius 2 is 2.11 bits per heavy atom. The fourth-order valence-corrected chi connectivity index (χ4v) is 2.04.